The van der Waals surface area contributed by atoms with E-state index in [2.05, 4.69) is 9.97 Å². The molecule has 0 aliphatic rings. The number of nitrogens with one attached hydrogen (secondary N) is 2. The lowest BCUT2D eigenvalue weighted by molar-refractivity contribution is 0.0738. The minimum atomic E-state index is -1.12. The summed E-state index contributed by atoms with van der Waals surface area (Å²) in [5.41, 5.74) is 0.644. The van der Waals surface area contributed by atoms with Crippen LogP contribution in [0, 0.1) is 17.5 Å². The number of carbonyl (C=O) groups is 1. The first kappa shape index (κ1) is 18.8. The highest BCUT2D eigenvalue weighted by molar-refractivity contribution is 5.98. The predicted molar refractivity (Wildman–Crippen MR) is 103 cm³/mol. The Morgan fingerprint density at radius 3 is 2.45 bits per heavy atom. The van der Waals surface area contributed by atoms with Gasteiger partial charge in [0.1, 0.15) is 11.5 Å². The summed E-state index contributed by atoms with van der Waals surface area (Å²) >= 11 is 0. The summed E-state index contributed by atoms with van der Waals surface area (Å²) < 4.78 is 40.8. The molecule has 0 saturated heterocycles. The van der Waals surface area contributed by atoms with Gasteiger partial charge in [-0.15, -0.1) is 0 Å². The van der Waals surface area contributed by atoms with Crippen LogP contribution in [0.5, 0.6) is 0 Å². The van der Waals surface area contributed by atoms with Crippen molar-refractivity contribution in [3.8, 4) is 0 Å². The minimum Gasteiger partial charge on any atom is -0.350 e. The van der Waals surface area contributed by atoms with E-state index in [0.29, 0.717) is 16.5 Å². The summed E-state index contributed by atoms with van der Waals surface area (Å²) in [5.74, 6) is -3.00. The van der Waals surface area contributed by atoms with Crippen molar-refractivity contribution < 1.29 is 18.0 Å². The fourth-order valence-electron chi connectivity index (χ4n) is 3.41. The van der Waals surface area contributed by atoms with E-state index in [9.17, 15) is 22.8 Å². The average molecular weight is 399 g/mol. The van der Waals surface area contributed by atoms with Crippen LogP contribution in [-0.2, 0) is 0 Å². The summed E-state index contributed by atoms with van der Waals surface area (Å²) in [7, 11) is 1.55. The molecule has 4 aromatic rings. The molecule has 0 aliphatic heterocycles. The van der Waals surface area contributed by atoms with Gasteiger partial charge in [-0.25, -0.2) is 13.2 Å². The lowest BCUT2D eigenvalue weighted by atomic mass is 10.0. The molecule has 2 aromatic carbocycles. The molecule has 2 heterocycles. The molecular formula is C21H16F3N3O2. The monoisotopic (exact) mass is 399 g/mol. The molecule has 0 radical (unpaired) electrons. The Morgan fingerprint density at radius 2 is 1.72 bits per heavy atom. The van der Waals surface area contributed by atoms with Crippen LogP contribution in [0.15, 0.2) is 47.4 Å². The molecule has 0 saturated carbocycles. The number of hydrogen-bond donors (Lipinski definition) is 2. The van der Waals surface area contributed by atoms with Gasteiger partial charge in [-0.05, 0) is 54.3 Å². The second kappa shape index (κ2) is 6.80. The number of halogens is 3. The number of hydrogen-bond acceptors (Lipinski definition) is 2. The Morgan fingerprint density at radius 1 is 1.03 bits per heavy atom. The molecule has 0 bridgehead atoms. The van der Waals surface area contributed by atoms with Crippen LogP contribution in [0.25, 0.3) is 21.7 Å². The number of aromatic nitrogens is 2. The zero-order chi connectivity index (χ0) is 20.9. The van der Waals surface area contributed by atoms with Crippen molar-refractivity contribution in [2.24, 2.45) is 0 Å². The van der Waals surface area contributed by atoms with Crippen molar-refractivity contribution in [3.05, 3.63) is 81.7 Å². The molecule has 148 valence electrons. The number of rotatable bonds is 3. The first-order chi connectivity index (χ1) is 13.8. The lowest BCUT2D eigenvalue weighted by Gasteiger charge is -2.25. The predicted octanol–water partition coefficient (Wildman–Crippen LogP) is 4.26. The summed E-state index contributed by atoms with van der Waals surface area (Å²) in [6.45, 7) is 1.70. The third-order valence-corrected chi connectivity index (χ3v) is 5.14. The van der Waals surface area contributed by atoms with Crippen molar-refractivity contribution in [1.82, 2.24) is 14.9 Å². The van der Waals surface area contributed by atoms with Crippen LogP contribution < -0.4 is 5.56 Å². The van der Waals surface area contributed by atoms with Crippen molar-refractivity contribution in [1.29, 1.82) is 0 Å². The summed E-state index contributed by atoms with van der Waals surface area (Å²) in [6.07, 6.45) is 1.39. The Kier molecular flexibility index (Phi) is 4.41. The number of fused-ring (bicyclic) bond motifs is 2. The van der Waals surface area contributed by atoms with Crippen molar-refractivity contribution in [2.75, 3.05) is 7.05 Å². The lowest BCUT2D eigenvalue weighted by Crippen LogP contribution is -2.30. The number of H-pyrrole nitrogens is 2. The molecule has 1 unspecified atom stereocenters. The van der Waals surface area contributed by atoms with Gasteiger partial charge < -0.3 is 14.9 Å². The largest absolute Gasteiger partial charge is 0.350 e. The summed E-state index contributed by atoms with van der Waals surface area (Å²) in [4.78, 5) is 31.7. The van der Waals surface area contributed by atoms with Gasteiger partial charge in [0.05, 0.1) is 11.4 Å². The zero-order valence-electron chi connectivity index (χ0n) is 15.5. The number of aromatic amines is 2. The Bertz CT molecular complexity index is 1330. The van der Waals surface area contributed by atoms with Gasteiger partial charge in [-0.2, -0.15) is 0 Å². The summed E-state index contributed by atoms with van der Waals surface area (Å²) in [6, 6.07) is 6.99. The van der Waals surface area contributed by atoms with E-state index in [1.165, 1.54) is 23.2 Å². The number of nitrogens with zero attached hydrogens (tertiary/aromatic N) is 1. The molecule has 0 spiro atoms. The molecule has 8 heteroatoms. The van der Waals surface area contributed by atoms with E-state index in [1.807, 2.05) is 0 Å². The standard InChI is InChI=1S/C21H16F3N3O2/c1-10(15-9-25-20(28)14-8-17(24)16(23)7-13(14)15)27(2)21(29)19-5-11-3-4-12(22)6-18(11)26-19/h3-10,26H,1-2H3,(H,25,28). The molecular weight excluding hydrogens is 383 g/mol. The van der Waals surface area contributed by atoms with Crippen LogP contribution >= 0.6 is 0 Å². The molecule has 0 fully saturated rings. The highest BCUT2D eigenvalue weighted by Gasteiger charge is 2.23. The average Bonchev–Trinajstić information content (AvgIpc) is 3.11. The fraction of sp³-hybridized carbons (Fsp3) is 0.143. The fourth-order valence-corrected chi connectivity index (χ4v) is 3.41. The number of carbonyl (C=O) groups excluding carboxylic acids is 1. The van der Waals surface area contributed by atoms with Crippen molar-refractivity contribution in [3.63, 3.8) is 0 Å². The number of benzene rings is 2. The maximum absolute atomic E-state index is 13.8. The van der Waals surface area contributed by atoms with Gasteiger partial charge in [-0.3, -0.25) is 9.59 Å². The van der Waals surface area contributed by atoms with Crippen LogP contribution in [-0.4, -0.2) is 27.8 Å². The van der Waals surface area contributed by atoms with Crippen molar-refractivity contribution >= 4 is 27.6 Å². The van der Waals surface area contributed by atoms with E-state index in [-0.39, 0.29) is 22.4 Å². The van der Waals surface area contributed by atoms with Gasteiger partial charge >= 0.3 is 0 Å². The second-order valence-electron chi connectivity index (χ2n) is 6.89. The normalized spacial score (nSPS) is 12.4. The molecule has 1 amide bonds. The van der Waals surface area contributed by atoms with Gasteiger partial charge in [-0.1, -0.05) is 0 Å². The molecule has 1 atom stereocenters. The van der Waals surface area contributed by atoms with E-state index in [1.54, 1.807) is 26.1 Å². The molecule has 29 heavy (non-hydrogen) atoms. The third-order valence-electron chi connectivity index (χ3n) is 5.14. The molecule has 2 aromatic heterocycles. The Hall–Kier alpha value is -3.55. The first-order valence-electron chi connectivity index (χ1n) is 8.82. The molecule has 5 nitrogen and oxygen atoms in total. The maximum Gasteiger partial charge on any atom is 0.270 e. The first-order valence-corrected chi connectivity index (χ1v) is 8.82. The number of pyridine rings is 1. The SMILES string of the molecule is CC(c1c[nH]c(=O)c2cc(F)c(F)cc12)N(C)C(=O)c1cc2ccc(F)cc2[nH]1. The maximum atomic E-state index is 13.8. The smallest absolute Gasteiger partial charge is 0.270 e. The second-order valence-corrected chi connectivity index (χ2v) is 6.89. The van der Waals surface area contributed by atoms with Crippen LogP contribution in [0.3, 0.4) is 0 Å². The van der Waals surface area contributed by atoms with Crippen LogP contribution in [0.1, 0.15) is 29.0 Å². The van der Waals surface area contributed by atoms with Gasteiger partial charge in [0, 0.05) is 24.1 Å². The highest BCUT2D eigenvalue weighted by Crippen LogP contribution is 2.28. The zero-order valence-corrected chi connectivity index (χ0v) is 15.5. The molecule has 4 rings (SSSR count). The van der Waals surface area contributed by atoms with Gasteiger partial charge in [0.15, 0.2) is 11.6 Å². The minimum absolute atomic E-state index is 0.00446. The van der Waals surface area contributed by atoms with Crippen LogP contribution in [0.2, 0.25) is 0 Å². The van der Waals surface area contributed by atoms with Gasteiger partial charge in [0.25, 0.3) is 11.5 Å². The van der Waals surface area contributed by atoms with Crippen molar-refractivity contribution in [2.45, 2.75) is 13.0 Å². The van der Waals surface area contributed by atoms with Crippen LogP contribution in [0.4, 0.5) is 13.2 Å². The van der Waals surface area contributed by atoms with E-state index in [4.69, 9.17) is 0 Å². The number of amides is 1. The van der Waals surface area contributed by atoms with E-state index >= 15 is 0 Å². The highest BCUT2D eigenvalue weighted by atomic mass is 19.2. The summed E-state index contributed by atoms with van der Waals surface area (Å²) in [5, 5.41) is 0.900. The third kappa shape index (κ3) is 3.16. The van der Waals surface area contributed by atoms with E-state index in [0.717, 1.165) is 12.1 Å². The Labute approximate surface area is 162 Å². The molecule has 0 aliphatic carbocycles. The van der Waals surface area contributed by atoms with E-state index < -0.39 is 29.1 Å². The topological polar surface area (TPSA) is 69.0 Å². The molecule has 2 N–H and O–H groups in total. The quantitative estimate of drug-likeness (QED) is 0.541. The van der Waals surface area contributed by atoms with Gasteiger partial charge in [0.2, 0.25) is 0 Å². The Balaban J connectivity index is 1.74.